The monoisotopic (exact) mass is 703 g/mol. The van der Waals surface area contributed by atoms with Crippen molar-refractivity contribution in [1.29, 1.82) is 0 Å². The molecule has 0 aliphatic heterocycles. The van der Waals surface area contributed by atoms with Crippen molar-refractivity contribution in [2.75, 3.05) is 26.0 Å². The van der Waals surface area contributed by atoms with Gasteiger partial charge in [-0.3, -0.25) is 9.59 Å². The summed E-state index contributed by atoms with van der Waals surface area (Å²) in [6, 6.07) is -5.13. The number of likely N-dealkylation sites (N-methyl/N-ethyl adjacent to an activating group) is 1. The van der Waals surface area contributed by atoms with Gasteiger partial charge in [-0.2, -0.15) is 18.2 Å². The Balaban J connectivity index is 1.89. The first-order valence-corrected chi connectivity index (χ1v) is 14.7. The molecule has 0 bridgehead atoms. The van der Waals surface area contributed by atoms with Crippen molar-refractivity contribution < 1.29 is 53.9 Å². The molecule has 3 aromatic carbocycles. The Hall–Kier alpha value is -3.96. The molecule has 1 aliphatic carbocycles. The molecule has 0 atom stereocenters. The highest BCUT2D eigenvalue weighted by Crippen LogP contribution is 2.34. The summed E-state index contributed by atoms with van der Waals surface area (Å²) in [6.45, 7) is -19.4. The molecule has 1 heterocycles. The van der Waals surface area contributed by atoms with Crippen molar-refractivity contribution in [2.24, 2.45) is 0 Å². The van der Waals surface area contributed by atoms with Crippen LogP contribution < -0.4 is 5.56 Å². The zero-order chi connectivity index (χ0) is 54.9. The molecule has 11 heteroatoms. The molecule has 0 N–H and O–H groups in total. The maximum atomic E-state index is 15.3. The minimum Gasteiger partial charge on any atom is -0.336 e. The quantitative estimate of drug-likeness (QED) is 0.0819. The zero-order valence-electron chi connectivity index (χ0n) is 48.2. The molecule has 4 aromatic rings. The van der Waals surface area contributed by atoms with Crippen molar-refractivity contribution in [3.63, 3.8) is 0 Å². The van der Waals surface area contributed by atoms with Crippen molar-refractivity contribution in [3.8, 4) is 11.1 Å². The van der Waals surface area contributed by atoms with Crippen LogP contribution in [0.15, 0.2) is 76.5 Å². The average Bonchev–Trinajstić information content (AvgIpc) is 3.31. The molecule has 0 radical (unpaired) electrons. The zero-order valence-corrected chi connectivity index (χ0v) is 26.1. The second kappa shape index (κ2) is 15.5. The van der Waals surface area contributed by atoms with Crippen LogP contribution in [0.5, 0.6) is 0 Å². The standard InChI is InChI=1S/C37H40F4N4O2S/c1-4-43(5-2)19-20-44(22-26-9-13-28(14-10-26)29-15-18-32(25(3)21-29)37(39,40)41)34(46)23-45-33-8-6-7-31(33)35(47)42-36(45)48-24-27-11-16-30(38)17-12-27/h9-18,21H,4-8,19-20,22-24H2,1-3H3/i4D2,5D2,6D2,7D2,8D2,9D,10D,13D,14D,15D,18D,19D2,20D2,21D,23D2. The number of alkyl halides is 3. The molecule has 6 nitrogen and oxygen atoms in total. The van der Waals surface area contributed by atoms with Crippen LogP contribution in [0.3, 0.4) is 0 Å². The predicted octanol–water partition coefficient (Wildman–Crippen LogP) is 7.53. The van der Waals surface area contributed by atoms with Crippen LogP contribution in [0.25, 0.3) is 11.1 Å². The van der Waals surface area contributed by atoms with Crippen LogP contribution in [-0.2, 0) is 42.5 Å². The summed E-state index contributed by atoms with van der Waals surface area (Å²) >= 11 is 0.302. The Morgan fingerprint density at radius 1 is 1.02 bits per heavy atom. The lowest BCUT2D eigenvalue weighted by Crippen LogP contribution is -2.40. The highest BCUT2D eigenvalue weighted by Gasteiger charge is 2.32. The summed E-state index contributed by atoms with van der Waals surface area (Å²) in [6.07, 6.45) is -16.6. The molecule has 0 unspecified atom stereocenters. The van der Waals surface area contributed by atoms with Crippen molar-refractivity contribution >= 4 is 17.7 Å². The average molecular weight is 704 g/mol. The Morgan fingerprint density at radius 3 is 2.38 bits per heavy atom. The number of carbonyl (C=O) groups is 1. The van der Waals surface area contributed by atoms with Crippen LogP contribution in [0, 0.1) is 12.7 Å². The summed E-state index contributed by atoms with van der Waals surface area (Å²) in [5, 5.41) is -1.06. The molecule has 1 aromatic heterocycles. The molecule has 0 saturated carbocycles. The maximum absolute atomic E-state index is 15.3. The normalized spacial score (nSPS) is 24.5. The van der Waals surface area contributed by atoms with E-state index in [9.17, 15) is 27.8 Å². The molecule has 48 heavy (non-hydrogen) atoms. The van der Waals surface area contributed by atoms with Crippen LogP contribution in [0.4, 0.5) is 17.6 Å². The lowest BCUT2D eigenvalue weighted by Gasteiger charge is -2.28. The van der Waals surface area contributed by atoms with Gasteiger partial charge in [0.05, 0.1) is 20.6 Å². The fourth-order valence-electron chi connectivity index (χ4n) is 4.08. The second-order valence-electron chi connectivity index (χ2n) is 9.66. The number of carbonyl (C=O) groups excluding carboxylic acids is 1. The first-order chi connectivity index (χ1) is 31.8. The number of amides is 1. The number of nitrogens with zero attached hydrogens (tertiary/aromatic N) is 4. The van der Waals surface area contributed by atoms with Crippen molar-refractivity contribution in [1.82, 2.24) is 19.4 Å². The van der Waals surface area contributed by atoms with E-state index in [-0.39, 0.29) is 15.0 Å². The van der Waals surface area contributed by atoms with Gasteiger partial charge in [-0.15, -0.1) is 0 Å². The fraction of sp³-hybridized carbons (Fsp3) is 0.378. The minimum absolute atomic E-state index is 0.118. The summed E-state index contributed by atoms with van der Waals surface area (Å²) < 4.78 is 256. The van der Waals surface area contributed by atoms with Crippen molar-refractivity contribution in [3.05, 3.63) is 116 Å². The van der Waals surface area contributed by atoms with Gasteiger partial charge in [0.1, 0.15) is 12.3 Å². The second-order valence-corrected chi connectivity index (χ2v) is 10.6. The van der Waals surface area contributed by atoms with Crippen LogP contribution >= 0.6 is 11.8 Å². The largest absolute Gasteiger partial charge is 0.416 e. The fourth-order valence-corrected chi connectivity index (χ4v) is 4.98. The van der Waals surface area contributed by atoms with E-state index in [0.29, 0.717) is 25.6 Å². The van der Waals surface area contributed by atoms with E-state index < -0.39 is 179 Å². The number of fused-ring (bicyclic) bond motifs is 1. The topological polar surface area (TPSA) is 58.4 Å². The number of thioether (sulfide) groups is 1. The van der Waals surface area contributed by atoms with Gasteiger partial charge in [-0.05, 0) is 85.0 Å². The van der Waals surface area contributed by atoms with E-state index in [0.717, 1.165) is 19.1 Å². The third-order valence-electron chi connectivity index (χ3n) is 6.44. The number of rotatable bonds is 13. The molecule has 0 spiro atoms. The first-order valence-electron chi connectivity index (χ1n) is 25.2. The molecule has 0 fully saturated rings. The Labute approximate surface area is 315 Å². The predicted molar refractivity (Wildman–Crippen MR) is 181 cm³/mol. The molecule has 5 rings (SSSR count). The number of halogens is 4. The van der Waals surface area contributed by atoms with Gasteiger partial charge in [0.15, 0.2) is 5.16 Å². The number of hydrogen-bond acceptors (Lipinski definition) is 5. The van der Waals surface area contributed by atoms with Gasteiger partial charge >= 0.3 is 6.18 Å². The van der Waals surface area contributed by atoms with E-state index in [1.165, 1.54) is 12.1 Å². The molecular formula is C37H40F4N4O2S. The van der Waals surface area contributed by atoms with E-state index >= 15 is 4.79 Å². The molecule has 254 valence electrons. The van der Waals surface area contributed by atoms with Gasteiger partial charge in [0.25, 0.3) is 5.56 Å². The molecule has 1 amide bonds. The minimum atomic E-state index is -5.29. The Kier molecular flexibility index (Phi) is 5.22. The first kappa shape index (κ1) is 16.2. The van der Waals surface area contributed by atoms with Crippen LogP contribution in [-0.4, -0.2) is 51.2 Å². The summed E-state index contributed by atoms with van der Waals surface area (Å²) in [5.74, 6) is -3.63. The molecule has 0 saturated heterocycles. The third-order valence-corrected chi connectivity index (χ3v) is 7.45. The third kappa shape index (κ3) is 8.54. The smallest absolute Gasteiger partial charge is 0.336 e. The lowest BCUT2D eigenvalue weighted by molar-refractivity contribution is -0.138. The maximum Gasteiger partial charge on any atom is 0.416 e. The SMILES string of the molecule is [2H]c1c([2H])c(-c2c([2H])c([2H])c(C(F)(F)F)c(C)c2[2H])c([2H])c([2H])c1CN(C(=O)C([2H])([2H])n1c(SCc2ccc(F)cc2)nc(=O)c2c1C([2H])([2H])C([2H])([2H])C2([2H])[2H])C([2H])([2H])C([2H])([2H])N(C([2H])([2H])C)C([2H])([2H])C. The van der Waals surface area contributed by atoms with Crippen molar-refractivity contribution in [2.45, 2.75) is 70.0 Å². The Morgan fingerprint density at radius 2 is 1.71 bits per heavy atom. The summed E-state index contributed by atoms with van der Waals surface area (Å²) in [7, 11) is 0. The highest BCUT2D eigenvalue weighted by atomic mass is 32.2. The van der Waals surface area contributed by atoms with Gasteiger partial charge in [0, 0.05) is 53.0 Å². The van der Waals surface area contributed by atoms with Gasteiger partial charge in [-0.1, -0.05) is 74.0 Å². The molecule has 1 aliphatic rings. The highest BCUT2D eigenvalue weighted by molar-refractivity contribution is 7.98. The van der Waals surface area contributed by atoms with E-state index in [1.54, 1.807) is 0 Å². The van der Waals surface area contributed by atoms with Crippen LogP contribution in [0.2, 0.25) is 0 Å². The van der Waals surface area contributed by atoms with Gasteiger partial charge in [-0.25, -0.2) is 4.39 Å². The number of hydrogen-bond donors (Lipinski definition) is 0. The Bertz CT molecular complexity index is 2810. The van der Waals surface area contributed by atoms with Gasteiger partial charge < -0.3 is 14.4 Å². The number of aromatic nitrogens is 2. The van der Waals surface area contributed by atoms with Crippen LogP contribution in [0.1, 0.15) is 85.3 Å². The number of benzene rings is 3. The summed E-state index contributed by atoms with van der Waals surface area (Å²) in [4.78, 5) is 31.7. The van der Waals surface area contributed by atoms with Gasteiger partial charge in [0.2, 0.25) is 5.91 Å². The molecular weight excluding hydrogens is 640 g/mol. The lowest BCUT2D eigenvalue weighted by atomic mass is 9.98. The van der Waals surface area contributed by atoms with E-state index in [2.05, 4.69) is 4.98 Å². The van der Waals surface area contributed by atoms with E-state index in [4.69, 9.17) is 26.0 Å². The summed E-state index contributed by atoms with van der Waals surface area (Å²) in [5.41, 5.74) is -10.5. The van der Waals surface area contributed by atoms with E-state index in [1.807, 2.05) is 0 Å².